The second-order valence-electron chi connectivity index (χ2n) is 10.6. The zero-order valence-corrected chi connectivity index (χ0v) is 23.2. The molecule has 1 aliphatic carbocycles. The van der Waals surface area contributed by atoms with Gasteiger partial charge in [0.2, 0.25) is 0 Å². The first-order chi connectivity index (χ1) is 20.1. The molecule has 0 radical (unpaired) electrons. The van der Waals surface area contributed by atoms with E-state index in [0.717, 1.165) is 24.0 Å². The smallest absolute Gasteiger partial charge is 0.253 e. The van der Waals surface area contributed by atoms with Crippen LogP contribution in [0.15, 0.2) is 91.1 Å². The largest absolute Gasteiger partial charge is 0.381 e. The summed E-state index contributed by atoms with van der Waals surface area (Å²) in [6.07, 6.45) is 3.42. The Morgan fingerprint density at radius 3 is 2.27 bits per heavy atom. The van der Waals surface area contributed by atoms with Crippen molar-refractivity contribution in [1.82, 2.24) is 15.3 Å². The van der Waals surface area contributed by atoms with Gasteiger partial charge in [0.25, 0.3) is 5.91 Å². The van der Waals surface area contributed by atoms with E-state index in [2.05, 4.69) is 39.5 Å². The third kappa shape index (κ3) is 5.33. The number of hydrogen-bond donors (Lipinski definition) is 2. The highest BCUT2D eigenvalue weighted by molar-refractivity contribution is 6.09. The molecule has 6 rings (SSSR count). The summed E-state index contributed by atoms with van der Waals surface area (Å²) < 4.78 is 21.4. The van der Waals surface area contributed by atoms with Gasteiger partial charge in [0.15, 0.2) is 5.82 Å². The highest BCUT2D eigenvalue weighted by Crippen LogP contribution is 2.42. The maximum Gasteiger partial charge on any atom is 0.253 e. The van der Waals surface area contributed by atoms with Crippen LogP contribution in [-0.2, 0) is 17.8 Å². The first kappa shape index (κ1) is 26.7. The van der Waals surface area contributed by atoms with Crippen molar-refractivity contribution < 1.29 is 13.9 Å². The number of benzene rings is 3. The van der Waals surface area contributed by atoms with Crippen LogP contribution in [0.5, 0.6) is 0 Å². The van der Waals surface area contributed by atoms with E-state index in [9.17, 15) is 4.79 Å². The van der Waals surface area contributed by atoms with Crippen LogP contribution in [0.4, 0.5) is 10.2 Å². The summed E-state index contributed by atoms with van der Waals surface area (Å²) in [5, 5.41) is 3.42. The van der Waals surface area contributed by atoms with Gasteiger partial charge in [-0.3, -0.25) is 4.79 Å². The van der Waals surface area contributed by atoms with Crippen molar-refractivity contribution in [3.63, 3.8) is 0 Å². The molecule has 2 heterocycles. The van der Waals surface area contributed by atoms with Gasteiger partial charge in [-0.1, -0.05) is 72.8 Å². The number of ether oxygens (including phenoxy) is 1. The molecule has 5 aromatic rings. The Bertz CT molecular complexity index is 1620. The van der Waals surface area contributed by atoms with E-state index in [0.29, 0.717) is 52.2 Å². The van der Waals surface area contributed by atoms with Gasteiger partial charge >= 0.3 is 0 Å². The second kappa shape index (κ2) is 11.6. The van der Waals surface area contributed by atoms with Crippen LogP contribution < -0.4 is 10.2 Å². The Hall–Kier alpha value is -4.49. The molecule has 6 nitrogen and oxygen atoms in total. The monoisotopic (exact) mass is 548 g/mol. The van der Waals surface area contributed by atoms with E-state index in [4.69, 9.17) is 9.72 Å². The highest BCUT2D eigenvalue weighted by Gasteiger charge is 2.33. The Morgan fingerprint density at radius 2 is 1.66 bits per heavy atom. The number of nitrogens with zero attached hydrogens (tertiary/aromatic N) is 2. The number of hydrogen-bond acceptors (Lipinski definition) is 4. The van der Waals surface area contributed by atoms with Crippen LogP contribution in [0.3, 0.4) is 0 Å². The topological polar surface area (TPSA) is 70.2 Å². The number of rotatable bonds is 9. The van der Waals surface area contributed by atoms with Gasteiger partial charge < -0.3 is 19.9 Å². The third-order valence-electron chi connectivity index (χ3n) is 8.04. The van der Waals surface area contributed by atoms with Gasteiger partial charge in [0, 0.05) is 50.1 Å². The van der Waals surface area contributed by atoms with Crippen molar-refractivity contribution in [2.45, 2.75) is 38.0 Å². The Labute approximate surface area is 239 Å². The number of aromatic nitrogens is 2. The van der Waals surface area contributed by atoms with Crippen molar-refractivity contribution in [2.24, 2.45) is 0 Å². The molecule has 208 valence electrons. The van der Waals surface area contributed by atoms with Gasteiger partial charge in [0.05, 0.1) is 17.2 Å². The maximum atomic E-state index is 16.0. The average molecular weight is 549 g/mol. The molecule has 0 unspecified atom stereocenters. The van der Waals surface area contributed by atoms with E-state index in [1.807, 2.05) is 54.6 Å². The Morgan fingerprint density at radius 1 is 1.00 bits per heavy atom. The molecule has 0 bridgehead atoms. The minimum Gasteiger partial charge on any atom is -0.381 e. The molecule has 1 amide bonds. The zero-order chi connectivity index (χ0) is 28.3. The van der Waals surface area contributed by atoms with E-state index < -0.39 is 0 Å². The fourth-order valence-corrected chi connectivity index (χ4v) is 5.70. The maximum absolute atomic E-state index is 16.0. The number of carbonyl (C=O) groups excluding carboxylic acids is 1. The highest BCUT2D eigenvalue weighted by atomic mass is 19.1. The number of methoxy groups -OCH3 is 1. The predicted molar refractivity (Wildman–Crippen MR) is 160 cm³/mol. The number of amides is 1. The molecule has 0 saturated heterocycles. The van der Waals surface area contributed by atoms with Crippen LogP contribution >= 0.6 is 0 Å². The summed E-state index contributed by atoms with van der Waals surface area (Å²) >= 11 is 0. The minimum atomic E-state index is -0.244. The zero-order valence-electron chi connectivity index (χ0n) is 23.2. The molecule has 0 atom stereocenters. The van der Waals surface area contributed by atoms with Crippen LogP contribution in [0.1, 0.15) is 45.8 Å². The summed E-state index contributed by atoms with van der Waals surface area (Å²) in [6.45, 7) is 1.22. The molecule has 1 saturated carbocycles. The van der Waals surface area contributed by atoms with Gasteiger partial charge in [0.1, 0.15) is 5.82 Å². The van der Waals surface area contributed by atoms with Crippen molar-refractivity contribution >= 4 is 22.6 Å². The molecule has 1 fully saturated rings. The quantitative estimate of drug-likeness (QED) is 0.212. The molecular formula is C34H33FN4O2. The van der Waals surface area contributed by atoms with Gasteiger partial charge in [-0.05, 0) is 47.6 Å². The number of pyridine rings is 1. The molecule has 2 N–H and O–H groups in total. The fourth-order valence-electron chi connectivity index (χ4n) is 5.70. The SMILES string of the molecule is CNC(=O)c1cnc(N(Cc2ccccc2)Cc2ccccc2)c2[nH]c(-c3cccc([C@H]4C[C@@H](OC)C4)c3F)cc12. The summed E-state index contributed by atoms with van der Waals surface area (Å²) in [5.41, 5.74) is 5.19. The van der Waals surface area contributed by atoms with E-state index in [1.54, 1.807) is 26.4 Å². The van der Waals surface area contributed by atoms with Crippen molar-refractivity contribution in [3.8, 4) is 11.3 Å². The molecule has 7 heteroatoms. The van der Waals surface area contributed by atoms with Gasteiger partial charge in [-0.15, -0.1) is 0 Å². The number of carbonyl (C=O) groups is 1. The predicted octanol–water partition coefficient (Wildman–Crippen LogP) is 6.83. The molecule has 3 aromatic carbocycles. The van der Waals surface area contributed by atoms with Crippen molar-refractivity contribution in [3.05, 3.63) is 119 Å². The normalized spacial score (nSPS) is 16.4. The number of aromatic amines is 1. The lowest BCUT2D eigenvalue weighted by Gasteiger charge is -2.34. The van der Waals surface area contributed by atoms with Crippen molar-refractivity contribution in [1.29, 1.82) is 0 Å². The number of fused-ring (bicyclic) bond motifs is 1. The van der Waals surface area contributed by atoms with E-state index in [-0.39, 0.29) is 23.7 Å². The Balaban J connectivity index is 1.47. The first-order valence-corrected chi connectivity index (χ1v) is 13.9. The fraction of sp³-hybridized carbons (Fsp3) is 0.235. The molecule has 0 spiro atoms. The second-order valence-corrected chi connectivity index (χ2v) is 10.6. The standard InChI is InChI=1S/C34H33FN4O2/c1-36-34(40)29-19-37-33(39(20-22-10-5-3-6-11-22)21-23-12-7-4-8-13-23)32-28(29)18-30(38-32)27-15-9-14-26(31(27)35)24-16-25(17-24)41-2/h3-15,18-19,24-25,38H,16-17,20-21H2,1-2H3,(H,36,40)/t24-,25+. The Kier molecular flexibility index (Phi) is 7.53. The van der Waals surface area contributed by atoms with Crippen LogP contribution in [0.25, 0.3) is 22.2 Å². The molecule has 41 heavy (non-hydrogen) atoms. The first-order valence-electron chi connectivity index (χ1n) is 13.9. The summed E-state index contributed by atoms with van der Waals surface area (Å²) in [6, 6.07) is 27.8. The van der Waals surface area contributed by atoms with Crippen LogP contribution in [-0.4, -0.2) is 36.1 Å². The lowest BCUT2D eigenvalue weighted by Crippen LogP contribution is -2.29. The van der Waals surface area contributed by atoms with E-state index in [1.165, 1.54) is 0 Å². The lowest BCUT2D eigenvalue weighted by atomic mass is 9.77. The van der Waals surface area contributed by atoms with Gasteiger partial charge in [-0.2, -0.15) is 0 Å². The van der Waals surface area contributed by atoms with Crippen LogP contribution in [0, 0.1) is 5.82 Å². The molecule has 1 aliphatic rings. The molecular weight excluding hydrogens is 515 g/mol. The summed E-state index contributed by atoms with van der Waals surface area (Å²) in [4.78, 5) is 23.4. The van der Waals surface area contributed by atoms with Gasteiger partial charge in [-0.25, -0.2) is 9.37 Å². The lowest BCUT2D eigenvalue weighted by molar-refractivity contribution is 0.0250. The summed E-state index contributed by atoms with van der Waals surface area (Å²) in [5.74, 6) is 0.354. The average Bonchev–Trinajstić information content (AvgIpc) is 3.42. The number of anilines is 1. The number of nitrogens with one attached hydrogen (secondary N) is 2. The van der Waals surface area contributed by atoms with E-state index >= 15 is 4.39 Å². The third-order valence-corrected chi connectivity index (χ3v) is 8.04. The number of halogens is 1. The minimum absolute atomic E-state index is 0.134. The summed E-state index contributed by atoms with van der Waals surface area (Å²) in [7, 11) is 3.30. The molecule has 0 aliphatic heterocycles. The van der Waals surface area contributed by atoms with Crippen LogP contribution in [0.2, 0.25) is 0 Å². The molecule has 2 aromatic heterocycles. The van der Waals surface area contributed by atoms with Crippen molar-refractivity contribution in [2.75, 3.05) is 19.1 Å². The number of H-pyrrole nitrogens is 1.